The van der Waals surface area contributed by atoms with Gasteiger partial charge < -0.3 is 9.47 Å². The van der Waals surface area contributed by atoms with E-state index in [0.717, 1.165) is 22.4 Å². The first-order chi connectivity index (χ1) is 18.3. The van der Waals surface area contributed by atoms with Crippen LogP contribution in [0.15, 0.2) is 115 Å². The van der Waals surface area contributed by atoms with E-state index >= 15 is 0 Å². The molecule has 0 N–H and O–H groups in total. The van der Waals surface area contributed by atoms with Crippen LogP contribution in [0.3, 0.4) is 0 Å². The van der Waals surface area contributed by atoms with Crippen molar-refractivity contribution in [3.05, 3.63) is 108 Å². The average molecular weight is 538 g/mol. The molecule has 1 heterocycles. The first kappa shape index (κ1) is 26.0. The van der Waals surface area contributed by atoms with Gasteiger partial charge in [0.1, 0.15) is 16.6 Å². The summed E-state index contributed by atoms with van der Waals surface area (Å²) in [6.45, 7) is 7.46. The molecule has 3 nitrogen and oxygen atoms in total. The number of ether oxygens (including phenoxy) is 2. The summed E-state index contributed by atoms with van der Waals surface area (Å²) < 4.78 is 11.6. The second-order valence-electron chi connectivity index (χ2n) is 9.58. The largest absolute Gasteiger partial charge is 0.481 e. The Morgan fingerprint density at radius 3 is 2.00 bits per heavy atom. The summed E-state index contributed by atoms with van der Waals surface area (Å²) in [4.78, 5) is 19.2. The fourth-order valence-electron chi connectivity index (χ4n) is 4.37. The molecule has 5 rings (SSSR count). The van der Waals surface area contributed by atoms with Crippen molar-refractivity contribution in [2.45, 2.75) is 57.8 Å². The van der Waals surface area contributed by atoms with E-state index in [9.17, 15) is 4.79 Å². The molecule has 0 unspecified atom stereocenters. The molecule has 0 amide bonds. The second-order valence-corrected chi connectivity index (χ2v) is 12.6. The standard InChI is InChI=1S/C33H29O3S2/c1-23-20-26(38-29-16-10-8-14-27(29)37-28-15-9-11-17-30(28)38)21-24(2)32(23)35-22-31(34)36-33(3,4)19-18-25-12-6-5-7-13-25/h5-17,20-21H,22H2,1-4H3/q+1. The first-order valence-electron chi connectivity index (χ1n) is 12.4. The molecule has 1 aliphatic heterocycles. The Bertz CT molecular complexity index is 1480. The van der Waals surface area contributed by atoms with E-state index in [4.69, 9.17) is 9.47 Å². The predicted octanol–water partition coefficient (Wildman–Crippen LogP) is 7.62. The summed E-state index contributed by atoms with van der Waals surface area (Å²) >= 11 is 1.83. The Hall–Kier alpha value is -3.59. The quantitative estimate of drug-likeness (QED) is 0.131. The zero-order valence-electron chi connectivity index (χ0n) is 21.9. The molecule has 0 atom stereocenters. The maximum absolute atomic E-state index is 12.6. The van der Waals surface area contributed by atoms with Crippen LogP contribution in [0.5, 0.6) is 5.75 Å². The average Bonchev–Trinajstić information content (AvgIpc) is 2.90. The third-order valence-corrected chi connectivity index (χ3v) is 9.72. The van der Waals surface area contributed by atoms with Crippen LogP contribution in [0.25, 0.3) is 0 Å². The topological polar surface area (TPSA) is 35.5 Å². The highest BCUT2D eigenvalue weighted by molar-refractivity contribution is 8.04. The molecule has 190 valence electrons. The van der Waals surface area contributed by atoms with Gasteiger partial charge in [0, 0.05) is 17.7 Å². The summed E-state index contributed by atoms with van der Waals surface area (Å²) in [6.07, 6.45) is 0. The number of rotatable bonds is 5. The van der Waals surface area contributed by atoms with Crippen molar-refractivity contribution in [3.63, 3.8) is 0 Å². The Balaban J connectivity index is 1.33. The lowest BCUT2D eigenvalue weighted by molar-refractivity contribution is -0.154. The monoisotopic (exact) mass is 537 g/mol. The molecule has 38 heavy (non-hydrogen) atoms. The molecule has 0 aromatic heterocycles. The highest BCUT2D eigenvalue weighted by Gasteiger charge is 2.38. The predicted molar refractivity (Wildman–Crippen MR) is 154 cm³/mol. The Kier molecular flexibility index (Phi) is 7.56. The molecule has 0 bridgehead atoms. The Labute approximate surface area is 231 Å². The number of fused-ring (bicyclic) bond motifs is 2. The zero-order chi connectivity index (χ0) is 26.7. The van der Waals surface area contributed by atoms with E-state index < -0.39 is 11.6 Å². The maximum Gasteiger partial charge on any atom is 0.345 e. The molecule has 1 aliphatic rings. The lowest BCUT2D eigenvalue weighted by atomic mass is 10.1. The number of hydrogen-bond acceptors (Lipinski definition) is 4. The van der Waals surface area contributed by atoms with E-state index in [1.54, 1.807) is 13.8 Å². The number of aryl methyl sites for hydroxylation is 2. The molecule has 4 aromatic carbocycles. The van der Waals surface area contributed by atoms with E-state index in [2.05, 4.69) is 72.5 Å². The van der Waals surface area contributed by atoms with Crippen molar-refractivity contribution in [2.75, 3.05) is 6.61 Å². The Morgan fingerprint density at radius 1 is 0.842 bits per heavy atom. The van der Waals surface area contributed by atoms with E-state index in [0.29, 0.717) is 0 Å². The highest BCUT2D eigenvalue weighted by atomic mass is 32.2. The summed E-state index contributed by atoms with van der Waals surface area (Å²) in [5.74, 6) is 6.37. The van der Waals surface area contributed by atoms with E-state index in [1.165, 1.54) is 24.5 Å². The maximum atomic E-state index is 12.6. The van der Waals surface area contributed by atoms with Crippen LogP contribution in [0, 0.1) is 25.7 Å². The van der Waals surface area contributed by atoms with Crippen molar-refractivity contribution in [3.8, 4) is 17.6 Å². The minimum Gasteiger partial charge on any atom is -0.481 e. The van der Waals surface area contributed by atoms with Gasteiger partial charge >= 0.3 is 5.97 Å². The summed E-state index contributed by atoms with van der Waals surface area (Å²) in [5, 5.41) is 0. The van der Waals surface area contributed by atoms with Gasteiger partial charge in [-0.1, -0.05) is 66.1 Å². The summed E-state index contributed by atoms with van der Waals surface area (Å²) in [7, 11) is -0.214. The van der Waals surface area contributed by atoms with Crippen LogP contribution in [-0.4, -0.2) is 18.2 Å². The fraction of sp³-hybridized carbons (Fsp3) is 0.182. The van der Waals surface area contributed by atoms with Crippen molar-refractivity contribution in [2.24, 2.45) is 0 Å². The smallest absolute Gasteiger partial charge is 0.345 e. The lowest BCUT2D eigenvalue weighted by Crippen LogP contribution is -2.29. The third kappa shape index (κ3) is 5.78. The Morgan fingerprint density at radius 2 is 1.39 bits per heavy atom. The van der Waals surface area contributed by atoms with Crippen LogP contribution in [0.2, 0.25) is 0 Å². The van der Waals surface area contributed by atoms with Crippen LogP contribution in [0.4, 0.5) is 0 Å². The highest BCUT2D eigenvalue weighted by Crippen LogP contribution is 2.48. The molecule has 0 saturated heterocycles. The molecule has 0 spiro atoms. The molecule has 0 saturated carbocycles. The minimum absolute atomic E-state index is 0.175. The molecular weight excluding hydrogens is 508 g/mol. The van der Waals surface area contributed by atoms with Crippen LogP contribution in [-0.2, 0) is 20.4 Å². The number of hydrogen-bond donors (Lipinski definition) is 0. The number of esters is 1. The molecule has 5 heteroatoms. The summed E-state index contributed by atoms with van der Waals surface area (Å²) in [5.41, 5.74) is 1.94. The van der Waals surface area contributed by atoms with Gasteiger partial charge in [-0.3, -0.25) is 0 Å². The van der Waals surface area contributed by atoms with Gasteiger partial charge in [-0.05, 0) is 75.2 Å². The second kappa shape index (κ2) is 11.0. The molecule has 0 aliphatic carbocycles. The SMILES string of the molecule is Cc1cc([S+]2c3ccccc3Sc3ccccc32)cc(C)c1OCC(=O)OC(C)(C)C#Cc1ccccc1. The molecule has 0 radical (unpaired) electrons. The fourth-order valence-corrected chi connectivity index (χ4v) is 8.29. The first-order valence-corrected chi connectivity index (χ1v) is 14.5. The van der Waals surface area contributed by atoms with Gasteiger partial charge in [-0.15, -0.1) is 0 Å². The third-order valence-electron chi connectivity index (χ3n) is 6.01. The van der Waals surface area contributed by atoms with Crippen LogP contribution < -0.4 is 4.74 Å². The normalized spacial score (nSPS) is 12.5. The number of carbonyl (C=O) groups excluding carboxylic acids is 1. The van der Waals surface area contributed by atoms with Gasteiger partial charge in [-0.25, -0.2) is 4.79 Å². The molecule has 4 aromatic rings. The van der Waals surface area contributed by atoms with Crippen LogP contribution in [0.1, 0.15) is 30.5 Å². The minimum atomic E-state index is -0.925. The molecule has 0 fully saturated rings. The van der Waals surface area contributed by atoms with Crippen LogP contribution >= 0.6 is 11.8 Å². The van der Waals surface area contributed by atoms with Gasteiger partial charge in [-0.2, -0.15) is 0 Å². The van der Waals surface area contributed by atoms with Crippen molar-refractivity contribution in [1.82, 2.24) is 0 Å². The van der Waals surface area contributed by atoms with E-state index in [-0.39, 0.29) is 17.5 Å². The van der Waals surface area contributed by atoms with Gasteiger partial charge in [0.2, 0.25) is 0 Å². The van der Waals surface area contributed by atoms with Crippen molar-refractivity contribution >= 4 is 28.6 Å². The van der Waals surface area contributed by atoms with Crippen molar-refractivity contribution < 1.29 is 14.3 Å². The zero-order valence-corrected chi connectivity index (χ0v) is 23.5. The lowest BCUT2D eigenvalue weighted by Gasteiger charge is -2.21. The number of benzene rings is 4. The summed E-state index contributed by atoms with van der Waals surface area (Å²) in [6, 6.07) is 31.3. The van der Waals surface area contributed by atoms with Crippen molar-refractivity contribution in [1.29, 1.82) is 0 Å². The van der Waals surface area contributed by atoms with Gasteiger partial charge in [0.15, 0.2) is 26.9 Å². The van der Waals surface area contributed by atoms with Gasteiger partial charge in [0.25, 0.3) is 0 Å². The van der Waals surface area contributed by atoms with Gasteiger partial charge in [0.05, 0.1) is 9.79 Å². The number of carbonyl (C=O) groups is 1. The molecular formula is C33H29O3S2+. The van der Waals surface area contributed by atoms with E-state index in [1.807, 2.05) is 55.9 Å².